The third-order valence-electron chi connectivity index (χ3n) is 2.28. The van der Waals surface area contributed by atoms with Crippen molar-refractivity contribution in [2.45, 2.75) is 24.5 Å². The molecule has 0 aliphatic carbocycles. The maximum atomic E-state index is 4.10. The van der Waals surface area contributed by atoms with E-state index in [1.165, 1.54) is 30.1 Å². The van der Waals surface area contributed by atoms with Gasteiger partial charge in [-0.15, -0.1) is 0 Å². The topological polar surface area (TPSA) is 37.8 Å². The van der Waals surface area contributed by atoms with Crippen molar-refractivity contribution in [1.82, 2.24) is 9.36 Å². The van der Waals surface area contributed by atoms with Crippen LogP contribution in [0.25, 0.3) is 0 Å². The summed E-state index contributed by atoms with van der Waals surface area (Å²) in [7, 11) is 0. The van der Waals surface area contributed by atoms with Crippen LogP contribution in [0.3, 0.4) is 0 Å². The summed E-state index contributed by atoms with van der Waals surface area (Å²) in [5.74, 6) is 1.30. The van der Waals surface area contributed by atoms with Crippen LogP contribution in [0.5, 0.6) is 0 Å². The molecule has 1 aromatic heterocycles. The molecule has 1 aromatic rings. The van der Waals surface area contributed by atoms with Gasteiger partial charge in [-0.05, 0) is 25.5 Å². The van der Waals surface area contributed by atoms with E-state index in [9.17, 15) is 0 Å². The fraction of sp³-hybridized carbons (Fsp3) is 0.750. The van der Waals surface area contributed by atoms with Crippen molar-refractivity contribution in [2.24, 2.45) is 0 Å². The maximum Gasteiger partial charge on any atom is 0.202 e. The lowest BCUT2D eigenvalue weighted by molar-refractivity contribution is 0.634. The highest BCUT2D eigenvalue weighted by Crippen LogP contribution is 2.37. The van der Waals surface area contributed by atoms with Crippen LogP contribution in [0.15, 0.2) is 6.33 Å². The zero-order chi connectivity index (χ0) is 9.15. The zero-order valence-corrected chi connectivity index (χ0v) is 9.25. The largest absolute Gasteiger partial charge is 0.359 e. The van der Waals surface area contributed by atoms with Crippen LogP contribution >= 0.6 is 23.3 Å². The maximum absolute atomic E-state index is 4.10. The molecule has 0 amide bonds. The number of thioether (sulfide) groups is 1. The minimum absolute atomic E-state index is 0.408. The van der Waals surface area contributed by atoms with Gasteiger partial charge >= 0.3 is 0 Å². The number of aromatic nitrogens is 2. The monoisotopic (exact) mass is 215 g/mol. The van der Waals surface area contributed by atoms with Gasteiger partial charge in [-0.2, -0.15) is 16.1 Å². The average Bonchev–Trinajstić information content (AvgIpc) is 2.72. The first kappa shape index (κ1) is 9.27. The fourth-order valence-electron chi connectivity index (χ4n) is 1.49. The second kappa shape index (κ2) is 3.84. The van der Waals surface area contributed by atoms with Gasteiger partial charge in [0.15, 0.2) is 0 Å². The summed E-state index contributed by atoms with van der Waals surface area (Å²) in [5.41, 5.74) is 0. The first-order valence-corrected chi connectivity index (χ1v) is 6.19. The highest BCUT2D eigenvalue weighted by atomic mass is 32.2. The number of rotatable bonds is 3. The van der Waals surface area contributed by atoms with Crippen molar-refractivity contribution in [2.75, 3.05) is 17.6 Å². The molecular formula is C8H13N3S2. The van der Waals surface area contributed by atoms with Crippen LogP contribution in [-0.4, -0.2) is 26.4 Å². The number of nitrogens with zero attached hydrogens (tertiary/aromatic N) is 2. The molecule has 2 heterocycles. The van der Waals surface area contributed by atoms with Gasteiger partial charge in [-0.3, -0.25) is 0 Å². The van der Waals surface area contributed by atoms with Crippen molar-refractivity contribution >= 4 is 28.4 Å². The Labute approximate surface area is 86.5 Å². The molecule has 2 rings (SSSR count). The van der Waals surface area contributed by atoms with Crippen LogP contribution in [0.4, 0.5) is 5.13 Å². The molecule has 1 atom stereocenters. The van der Waals surface area contributed by atoms with Gasteiger partial charge in [0.25, 0.3) is 0 Å². The van der Waals surface area contributed by atoms with E-state index in [-0.39, 0.29) is 0 Å². The molecule has 1 unspecified atom stereocenters. The van der Waals surface area contributed by atoms with Crippen molar-refractivity contribution in [3.63, 3.8) is 0 Å². The molecule has 1 saturated heterocycles. The normalized spacial score (nSPS) is 27.8. The van der Waals surface area contributed by atoms with Crippen LogP contribution < -0.4 is 5.32 Å². The second-order valence-electron chi connectivity index (χ2n) is 3.50. The predicted octanol–water partition coefficient (Wildman–Crippen LogP) is 2.24. The molecule has 5 heteroatoms. The summed E-state index contributed by atoms with van der Waals surface area (Å²) in [5, 5.41) is 4.27. The summed E-state index contributed by atoms with van der Waals surface area (Å²) in [6.07, 6.45) is 4.25. The first-order valence-electron chi connectivity index (χ1n) is 4.43. The SMILES string of the molecule is CC1(CNc2ncns2)CCCS1. The smallest absolute Gasteiger partial charge is 0.202 e. The standard InChI is InChI=1S/C8H13N3S2/c1-8(3-2-4-12-8)5-9-7-10-6-11-13-7/h6H,2-5H2,1H3,(H,9,10,11). The lowest BCUT2D eigenvalue weighted by Gasteiger charge is -2.22. The summed E-state index contributed by atoms with van der Waals surface area (Å²) < 4.78 is 4.36. The van der Waals surface area contributed by atoms with Crippen LogP contribution in [0, 0.1) is 0 Å². The Morgan fingerprint density at radius 2 is 2.62 bits per heavy atom. The van der Waals surface area contributed by atoms with Crippen molar-refractivity contribution in [3.8, 4) is 0 Å². The molecule has 0 saturated carbocycles. The van der Waals surface area contributed by atoms with E-state index in [0.29, 0.717) is 4.75 Å². The van der Waals surface area contributed by atoms with Gasteiger partial charge in [-0.25, -0.2) is 4.98 Å². The molecule has 1 aliphatic heterocycles. The van der Waals surface area contributed by atoms with E-state index in [2.05, 4.69) is 33.4 Å². The quantitative estimate of drug-likeness (QED) is 0.839. The van der Waals surface area contributed by atoms with Crippen LogP contribution in [0.1, 0.15) is 19.8 Å². The highest BCUT2D eigenvalue weighted by Gasteiger charge is 2.29. The van der Waals surface area contributed by atoms with E-state index < -0.39 is 0 Å². The minimum atomic E-state index is 0.408. The second-order valence-corrected chi connectivity index (χ2v) is 5.96. The Morgan fingerprint density at radius 1 is 1.69 bits per heavy atom. The van der Waals surface area contributed by atoms with Gasteiger partial charge in [0.1, 0.15) is 6.33 Å². The van der Waals surface area contributed by atoms with E-state index >= 15 is 0 Å². The number of hydrogen-bond donors (Lipinski definition) is 1. The number of anilines is 1. The van der Waals surface area contributed by atoms with E-state index in [0.717, 1.165) is 11.7 Å². The van der Waals surface area contributed by atoms with Gasteiger partial charge in [-0.1, -0.05) is 0 Å². The molecule has 13 heavy (non-hydrogen) atoms. The molecule has 3 nitrogen and oxygen atoms in total. The summed E-state index contributed by atoms with van der Waals surface area (Å²) >= 11 is 3.48. The highest BCUT2D eigenvalue weighted by molar-refractivity contribution is 8.00. The molecular weight excluding hydrogens is 202 g/mol. The van der Waals surface area contributed by atoms with E-state index in [1.54, 1.807) is 6.33 Å². The Bertz CT molecular complexity index is 254. The predicted molar refractivity (Wildman–Crippen MR) is 58.5 cm³/mol. The van der Waals surface area contributed by atoms with E-state index in [1.807, 2.05) is 0 Å². The van der Waals surface area contributed by atoms with Crippen LogP contribution in [-0.2, 0) is 0 Å². The average molecular weight is 215 g/mol. The fourth-order valence-corrected chi connectivity index (χ4v) is 3.16. The number of hydrogen-bond acceptors (Lipinski definition) is 5. The molecule has 0 radical (unpaired) electrons. The minimum Gasteiger partial charge on any atom is -0.359 e. The third-order valence-corrected chi connectivity index (χ3v) is 4.44. The van der Waals surface area contributed by atoms with Gasteiger partial charge in [0.2, 0.25) is 5.13 Å². The number of nitrogens with one attached hydrogen (secondary N) is 1. The van der Waals surface area contributed by atoms with E-state index in [4.69, 9.17) is 0 Å². The first-order chi connectivity index (χ1) is 6.29. The molecule has 1 N–H and O–H groups in total. The lowest BCUT2D eigenvalue weighted by Crippen LogP contribution is -2.26. The Balaban J connectivity index is 1.85. The van der Waals surface area contributed by atoms with Crippen molar-refractivity contribution in [3.05, 3.63) is 6.33 Å². The molecule has 72 valence electrons. The Hall–Kier alpha value is -0.290. The molecule has 1 aliphatic rings. The molecule has 0 aromatic carbocycles. The summed E-state index contributed by atoms with van der Waals surface area (Å²) in [6, 6.07) is 0. The third kappa shape index (κ3) is 2.34. The summed E-state index contributed by atoms with van der Waals surface area (Å²) in [6.45, 7) is 3.32. The molecule has 0 bridgehead atoms. The Morgan fingerprint density at radius 3 is 3.23 bits per heavy atom. The zero-order valence-electron chi connectivity index (χ0n) is 7.62. The van der Waals surface area contributed by atoms with Gasteiger partial charge in [0, 0.05) is 22.8 Å². The lowest BCUT2D eigenvalue weighted by atomic mass is 10.1. The van der Waals surface area contributed by atoms with Gasteiger partial charge < -0.3 is 5.32 Å². The molecule has 1 fully saturated rings. The molecule has 0 spiro atoms. The van der Waals surface area contributed by atoms with Gasteiger partial charge in [0.05, 0.1) is 0 Å². The van der Waals surface area contributed by atoms with Crippen molar-refractivity contribution < 1.29 is 0 Å². The van der Waals surface area contributed by atoms with Crippen LogP contribution in [0.2, 0.25) is 0 Å². The summed E-state index contributed by atoms with van der Waals surface area (Å²) in [4.78, 5) is 4.10. The Kier molecular flexibility index (Phi) is 2.74. The van der Waals surface area contributed by atoms with Crippen molar-refractivity contribution in [1.29, 1.82) is 0 Å².